The minimum Gasteiger partial charge on any atom is -0.491 e. The number of fused-ring (bicyclic) bond motifs is 2. The van der Waals surface area contributed by atoms with Crippen LogP contribution in [0.5, 0.6) is 5.75 Å². The van der Waals surface area contributed by atoms with Gasteiger partial charge in [0.25, 0.3) is 5.91 Å². The molecule has 178 valence electrons. The average Bonchev–Trinajstić information content (AvgIpc) is 3.10. The van der Waals surface area contributed by atoms with Crippen LogP contribution < -0.4 is 9.46 Å². The number of nitrogens with one attached hydrogen (secondary N) is 1. The highest BCUT2D eigenvalue weighted by molar-refractivity contribution is 7.89. The molecule has 0 saturated heterocycles. The number of carbonyl (C=O) groups is 1. The summed E-state index contributed by atoms with van der Waals surface area (Å²) >= 11 is 0. The number of hydrogen-bond acceptors (Lipinski definition) is 5. The zero-order chi connectivity index (χ0) is 24.4. The first kappa shape index (κ1) is 23.0. The van der Waals surface area contributed by atoms with E-state index in [-0.39, 0.29) is 10.8 Å². The van der Waals surface area contributed by atoms with E-state index < -0.39 is 10.0 Å². The van der Waals surface area contributed by atoms with Crippen molar-refractivity contribution in [1.82, 2.24) is 14.6 Å². The second kappa shape index (κ2) is 9.48. The summed E-state index contributed by atoms with van der Waals surface area (Å²) in [6.07, 6.45) is 1.85. The minimum absolute atomic E-state index is 0.133. The lowest BCUT2D eigenvalue weighted by atomic mass is 10.0. The van der Waals surface area contributed by atoms with Gasteiger partial charge in [-0.1, -0.05) is 31.2 Å². The molecule has 7 nitrogen and oxygen atoms in total. The molecule has 4 aromatic rings. The van der Waals surface area contributed by atoms with Crippen LogP contribution in [0.2, 0.25) is 0 Å². The first-order valence-electron chi connectivity index (χ1n) is 11.4. The summed E-state index contributed by atoms with van der Waals surface area (Å²) in [6, 6.07) is 22.1. The van der Waals surface area contributed by atoms with Gasteiger partial charge in [0.15, 0.2) is 0 Å². The van der Waals surface area contributed by atoms with Crippen molar-refractivity contribution < 1.29 is 17.9 Å². The van der Waals surface area contributed by atoms with Crippen molar-refractivity contribution in [3.05, 3.63) is 90.1 Å². The van der Waals surface area contributed by atoms with Crippen molar-refractivity contribution >= 4 is 26.8 Å². The van der Waals surface area contributed by atoms with E-state index in [1.807, 2.05) is 48.7 Å². The standard InChI is InChI=1S/C27H25N3O4S/c1-2-29-35(32,33)24-10-7-19(8-11-24)27(31)30-13-14-34-26-12-9-20(15-23(26)18-30)22-16-21-5-3-4-6-25(21)28-17-22/h3-12,15-17,29H,2,13-14,18H2,1H3. The normalized spacial score (nSPS) is 13.7. The molecule has 0 aliphatic carbocycles. The van der Waals surface area contributed by atoms with Crippen LogP contribution in [0.15, 0.2) is 83.9 Å². The zero-order valence-corrected chi connectivity index (χ0v) is 20.1. The molecule has 0 unspecified atom stereocenters. The molecule has 5 rings (SSSR count). The first-order valence-corrected chi connectivity index (χ1v) is 12.9. The number of rotatable bonds is 5. The summed E-state index contributed by atoms with van der Waals surface area (Å²) in [4.78, 5) is 19.7. The van der Waals surface area contributed by atoms with Gasteiger partial charge < -0.3 is 9.64 Å². The van der Waals surface area contributed by atoms with E-state index >= 15 is 0 Å². The maximum Gasteiger partial charge on any atom is 0.254 e. The van der Waals surface area contributed by atoms with Crippen LogP contribution >= 0.6 is 0 Å². The van der Waals surface area contributed by atoms with Crippen molar-refractivity contribution in [1.29, 1.82) is 0 Å². The Balaban J connectivity index is 1.40. The maximum absolute atomic E-state index is 13.2. The van der Waals surface area contributed by atoms with E-state index in [2.05, 4.69) is 15.8 Å². The lowest BCUT2D eigenvalue weighted by molar-refractivity contribution is 0.0733. The molecule has 8 heteroatoms. The number of benzene rings is 3. The molecule has 1 aromatic heterocycles. The highest BCUT2D eigenvalue weighted by atomic mass is 32.2. The second-order valence-corrected chi connectivity index (χ2v) is 10.1. The molecule has 2 heterocycles. The monoisotopic (exact) mass is 487 g/mol. The fourth-order valence-corrected chi connectivity index (χ4v) is 5.25. The number of hydrogen-bond donors (Lipinski definition) is 1. The lowest BCUT2D eigenvalue weighted by Gasteiger charge is -2.20. The van der Waals surface area contributed by atoms with Crippen molar-refractivity contribution in [2.75, 3.05) is 19.7 Å². The van der Waals surface area contributed by atoms with Gasteiger partial charge in [0.1, 0.15) is 12.4 Å². The Morgan fingerprint density at radius 1 is 1.03 bits per heavy atom. The van der Waals surface area contributed by atoms with Crippen LogP contribution in [0.4, 0.5) is 0 Å². The molecule has 1 aliphatic heterocycles. The molecule has 1 aliphatic rings. The fourth-order valence-electron chi connectivity index (χ4n) is 4.21. The van der Waals surface area contributed by atoms with Crippen molar-refractivity contribution in [3.8, 4) is 16.9 Å². The van der Waals surface area contributed by atoms with Crippen molar-refractivity contribution in [2.24, 2.45) is 0 Å². The van der Waals surface area contributed by atoms with Gasteiger partial charge in [0, 0.05) is 41.4 Å². The summed E-state index contributed by atoms with van der Waals surface area (Å²) in [6.45, 7) is 3.21. The van der Waals surface area contributed by atoms with E-state index in [0.29, 0.717) is 31.8 Å². The average molecular weight is 488 g/mol. The van der Waals surface area contributed by atoms with Crippen LogP contribution in [0.25, 0.3) is 22.0 Å². The predicted octanol–water partition coefficient (Wildman–Crippen LogP) is 4.23. The summed E-state index contributed by atoms with van der Waals surface area (Å²) in [5.74, 6) is 0.580. The molecule has 3 aromatic carbocycles. The summed E-state index contributed by atoms with van der Waals surface area (Å²) in [5.41, 5.74) is 4.27. The number of nitrogens with zero attached hydrogens (tertiary/aromatic N) is 2. The fraction of sp³-hybridized carbons (Fsp3) is 0.185. The van der Waals surface area contributed by atoms with Gasteiger partial charge in [-0.3, -0.25) is 9.78 Å². The van der Waals surface area contributed by atoms with Gasteiger partial charge in [0.05, 0.1) is 17.0 Å². The zero-order valence-electron chi connectivity index (χ0n) is 19.3. The predicted molar refractivity (Wildman–Crippen MR) is 135 cm³/mol. The largest absolute Gasteiger partial charge is 0.491 e. The number of aromatic nitrogens is 1. The third kappa shape index (κ3) is 4.76. The number of amides is 1. The Labute approximate surface area is 204 Å². The number of pyridine rings is 1. The van der Waals surface area contributed by atoms with Gasteiger partial charge in [-0.25, -0.2) is 13.1 Å². The van der Waals surface area contributed by atoms with Gasteiger partial charge in [-0.05, 0) is 54.1 Å². The Bertz CT molecular complexity index is 1500. The van der Waals surface area contributed by atoms with Gasteiger partial charge in [-0.15, -0.1) is 0 Å². The van der Waals surface area contributed by atoms with Gasteiger partial charge >= 0.3 is 0 Å². The molecule has 0 atom stereocenters. The molecule has 0 bridgehead atoms. The highest BCUT2D eigenvalue weighted by Gasteiger charge is 2.22. The van der Waals surface area contributed by atoms with E-state index in [4.69, 9.17) is 4.74 Å². The van der Waals surface area contributed by atoms with Crippen LogP contribution in [0.3, 0.4) is 0 Å². The van der Waals surface area contributed by atoms with Crippen molar-refractivity contribution in [3.63, 3.8) is 0 Å². The Morgan fingerprint density at radius 2 is 1.83 bits per heavy atom. The number of carbonyl (C=O) groups excluding carboxylic acids is 1. The highest BCUT2D eigenvalue weighted by Crippen LogP contribution is 2.30. The lowest BCUT2D eigenvalue weighted by Crippen LogP contribution is -2.32. The number of para-hydroxylation sites is 1. The molecule has 35 heavy (non-hydrogen) atoms. The van der Waals surface area contributed by atoms with Crippen LogP contribution in [-0.4, -0.2) is 43.9 Å². The van der Waals surface area contributed by atoms with Crippen molar-refractivity contribution in [2.45, 2.75) is 18.4 Å². The Morgan fingerprint density at radius 3 is 2.63 bits per heavy atom. The molecule has 0 spiro atoms. The maximum atomic E-state index is 13.2. The minimum atomic E-state index is -3.57. The van der Waals surface area contributed by atoms with Crippen LogP contribution in [0.1, 0.15) is 22.8 Å². The quantitative estimate of drug-likeness (QED) is 0.455. The van der Waals surface area contributed by atoms with Crippen LogP contribution in [0, 0.1) is 0 Å². The van der Waals surface area contributed by atoms with E-state index in [1.54, 1.807) is 24.0 Å². The van der Waals surface area contributed by atoms with Gasteiger partial charge in [0.2, 0.25) is 10.0 Å². The summed E-state index contributed by atoms with van der Waals surface area (Å²) in [7, 11) is -3.57. The third-order valence-electron chi connectivity index (χ3n) is 6.00. The molecule has 1 amide bonds. The molecule has 0 radical (unpaired) electrons. The topological polar surface area (TPSA) is 88.6 Å². The summed E-state index contributed by atoms with van der Waals surface area (Å²) in [5, 5.41) is 1.06. The molecule has 0 saturated carbocycles. The number of ether oxygens (including phenoxy) is 1. The smallest absolute Gasteiger partial charge is 0.254 e. The molecular formula is C27H25N3O4S. The SMILES string of the molecule is CCNS(=O)(=O)c1ccc(C(=O)N2CCOc3ccc(-c4cnc5ccccc5c4)cc3C2)cc1. The third-order valence-corrected chi connectivity index (χ3v) is 7.56. The van der Waals surface area contributed by atoms with Gasteiger partial charge in [-0.2, -0.15) is 0 Å². The molecular weight excluding hydrogens is 462 g/mol. The Hall–Kier alpha value is -3.75. The Kier molecular flexibility index (Phi) is 6.23. The van der Waals surface area contributed by atoms with E-state index in [9.17, 15) is 13.2 Å². The first-order chi connectivity index (χ1) is 16.9. The van der Waals surface area contributed by atoms with E-state index in [0.717, 1.165) is 33.3 Å². The molecule has 1 N–H and O–H groups in total. The van der Waals surface area contributed by atoms with E-state index in [1.165, 1.54) is 12.1 Å². The molecule has 0 fully saturated rings. The number of sulfonamides is 1. The summed E-state index contributed by atoms with van der Waals surface area (Å²) < 4.78 is 32.8. The van der Waals surface area contributed by atoms with Crippen LogP contribution in [-0.2, 0) is 16.6 Å². The second-order valence-electron chi connectivity index (χ2n) is 8.34.